The summed E-state index contributed by atoms with van der Waals surface area (Å²) in [6.07, 6.45) is 4.38. The molecule has 0 unspecified atom stereocenters. The summed E-state index contributed by atoms with van der Waals surface area (Å²) < 4.78 is 1.86. The van der Waals surface area contributed by atoms with Gasteiger partial charge in [0.05, 0.1) is 0 Å². The summed E-state index contributed by atoms with van der Waals surface area (Å²) in [5, 5.41) is 0. The molecule has 1 aromatic heterocycles. The number of benzene rings is 1. The first-order chi connectivity index (χ1) is 9.31. The molecule has 0 saturated carbocycles. The molecule has 0 bridgehead atoms. The predicted octanol–water partition coefficient (Wildman–Crippen LogP) is 2.17. The molecule has 0 atom stereocenters. The smallest absolute Gasteiger partial charge is 0.259 e. The van der Waals surface area contributed by atoms with Crippen LogP contribution in [0.25, 0.3) is 5.69 Å². The van der Waals surface area contributed by atoms with Crippen LogP contribution >= 0.6 is 0 Å². The Morgan fingerprint density at radius 2 is 1.84 bits per heavy atom. The molecule has 1 aliphatic rings. The van der Waals surface area contributed by atoms with Crippen LogP contribution in [0.15, 0.2) is 41.2 Å². The number of rotatable bonds is 2. The van der Waals surface area contributed by atoms with Crippen LogP contribution in [0.4, 0.5) is 0 Å². The molecule has 2 N–H and O–H groups in total. The largest absolute Gasteiger partial charge is 0.326 e. The van der Waals surface area contributed by atoms with Crippen LogP contribution in [0.3, 0.4) is 0 Å². The van der Waals surface area contributed by atoms with E-state index in [2.05, 4.69) is 0 Å². The number of aryl methyl sites for hydroxylation is 1. The van der Waals surface area contributed by atoms with Crippen LogP contribution in [0.5, 0.6) is 0 Å². The van der Waals surface area contributed by atoms with E-state index in [0.717, 1.165) is 24.9 Å². The summed E-state index contributed by atoms with van der Waals surface area (Å²) in [7, 11) is 0. The van der Waals surface area contributed by atoms with Crippen LogP contribution in [0.2, 0.25) is 0 Å². The summed E-state index contributed by atoms with van der Waals surface area (Å²) in [6.45, 7) is 0.305. The Morgan fingerprint density at radius 3 is 2.58 bits per heavy atom. The molecule has 3 nitrogen and oxygen atoms in total. The number of aromatic nitrogens is 1. The van der Waals surface area contributed by atoms with Gasteiger partial charge >= 0.3 is 0 Å². The second-order valence-electron chi connectivity index (χ2n) is 5.03. The van der Waals surface area contributed by atoms with Crippen molar-refractivity contribution in [1.29, 1.82) is 0 Å². The van der Waals surface area contributed by atoms with E-state index >= 15 is 0 Å². The molecule has 0 amide bonds. The van der Waals surface area contributed by atoms with Crippen molar-refractivity contribution in [3.63, 3.8) is 0 Å². The number of pyridine rings is 1. The third kappa shape index (κ3) is 2.10. The minimum atomic E-state index is 0.0364. The van der Waals surface area contributed by atoms with Crippen LogP contribution in [0.1, 0.15) is 29.7 Å². The summed E-state index contributed by atoms with van der Waals surface area (Å²) in [5.41, 5.74) is 9.87. The standard InChI is InChI=1S/C16H18N2O/c17-11-13-10-12-6-4-5-9-15(12)18(16(13)19)14-7-2-1-3-8-14/h1-3,7-8,10H,4-6,9,11,17H2. The molecule has 1 aliphatic carbocycles. The van der Waals surface area contributed by atoms with E-state index in [-0.39, 0.29) is 5.56 Å². The highest BCUT2D eigenvalue weighted by atomic mass is 16.1. The Hall–Kier alpha value is -1.87. The zero-order chi connectivity index (χ0) is 13.2. The van der Waals surface area contributed by atoms with Gasteiger partial charge in [-0.25, -0.2) is 0 Å². The first-order valence-electron chi connectivity index (χ1n) is 6.83. The molecule has 0 aliphatic heterocycles. The molecule has 3 heteroatoms. The highest BCUT2D eigenvalue weighted by molar-refractivity contribution is 5.39. The van der Waals surface area contributed by atoms with E-state index in [1.54, 1.807) is 0 Å². The second kappa shape index (κ2) is 5.02. The molecule has 1 heterocycles. The maximum Gasteiger partial charge on any atom is 0.259 e. The number of hydrogen-bond acceptors (Lipinski definition) is 2. The van der Waals surface area contributed by atoms with E-state index in [4.69, 9.17) is 5.73 Å². The SMILES string of the molecule is NCc1cc2c(n(-c3ccccc3)c1=O)CCCC2. The fourth-order valence-corrected chi connectivity index (χ4v) is 2.86. The average molecular weight is 254 g/mol. The minimum absolute atomic E-state index is 0.0364. The Morgan fingerprint density at radius 1 is 1.11 bits per heavy atom. The van der Waals surface area contributed by atoms with Gasteiger partial charge in [0.25, 0.3) is 5.56 Å². The fraction of sp³-hybridized carbons (Fsp3) is 0.312. The van der Waals surface area contributed by atoms with Crippen LogP contribution in [0, 0.1) is 0 Å². The van der Waals surface area contributed by atoms with E-state index in [0.29, 0.717) is 12.1 Å². The van der Waals surface area contributed by atoms with Crippen LogP contribution < -0.4 is 11.3 Å². The molecular weight excluding hydrogens is 236 g/mol. The molecule has 3 rings (SSSR count). The monoisotopic (exact) mass is 254 g/mol. The van der Waals surface area contributed by atoms with Crippen molar-refractivity contribution < 1.29 is 0 Å². The number of para-hydroxylation sites is 1. The maximum atomic E-state index is 12.6. The van der Waals surface area contributed by atoms with Gasteiger partial charge in [-0.2, -0.15) is 0 Å². The van der Waals surface area contributed by atoms with E-state index < -0.39 is 0 Å². The quantitative estimate of drug-likeness (QED) is 0.893. The summed E-state index contributed by atoms with van der Waals surface area (Å²) in [6, 6.07) is 11.9. The Balaban J connectivity index is 2.30. The third-order valence-electron chi connectivity index (χ3n) is 3.81. The topological polar surface area (TPSA) is 48.0 Å². The fourth-order valence-electron chi connectivity index (χ4n) is 2.86. The van der Waals surface area contributed by atoms with E-state index in [9.17, 15) is 4.79 Å². The number of fused-ring (bicyclic) bond motifs is 1. The van der Waals surface area contributed by atoms with Crippen molar-refractivity contribution in [2.75, 3.05) is 0 Å². The lowest BCUT2D eigenvalue weighted by Crippen LogP contribution is -2.29. The molecule has 0 fully saturated rings. The summed E-state index contributed by atoms with van der Waals surface area (Å²) in [4.78, 5) is 12.6. The van der Waals surface area contributed by atoms with E-state index in [1.807, 2.05) is 41.0 Å². The normalized spacial score (nSPS) is 14.2. The lowest BCUT2D eigenvalue weighted by atomic mass is 9.94. The molecule has 0 saturated heterocycles. The van der Waals surface area contributed by atoms with Gasteiger partial charge in [0, 0.05) is 23.5 Å². The van der Waals surface area contributed by atoms with Crippen molar-refractivity contribution in [3.8, 4) is 5.69 Å². The highest BCUT2D eigenvalue weighted by Gasteiger charge is 2.17. The Labute approximate surface area is 112 Å². The second-order valence-corrected chi connectivity index (χ2v) is 5.03. The van der Waals surface area contributed by atoms with Crippen molar-refractivity contribution in [3.05, 3.63) is 63.6 Å². The van der Waals surface area contributed by atoms with Gasteiger partial charge in [0.15, 0.2) is 0 Å². The molecular formula is C16H18N2O. The Bertz CT molecular complexity index is 644. The zero-order valence-corrected chi connectivity index (χ0v) is 10.9. The number of hydrogen-bond donors (Lipinski definition) is 1. The van der Waals surface area contributed by atoms with Gasteiger partial charge in [0.1, 0.15) is 0 Å². The minimum Gasteiger partial charge on any atom is -0.326 e. The first-order valence-corrected chi connectivity index (χ1v) is 6.83. The Kier molecular flexibility index (Phi) is 3.22. The van der Waals surface area contributed by atoms with Gasteiger partial charge in [-0.1, -0.05) is 18.2 Å². The van der Waals surface area contributed by atoms with Gasteiger partial charge < -0.3 is 5.73 Å². The van der Waals surface area contributed by atoms with Crippen LogP contribution in [-0.2, 0) is 19.4 Å². The van der Waals surface area contributed by atoms with Crippen molar-refractivity contribution >= 4 is 0 Å². The lowest BCUT2D eigenvalue weighted by molar-refractivity contribution is 0.640. The van der Waals surface area contributed by atoms with Gasteiger partial charge in [-0.3, -0.25) is 9.36 Å². The summed E-state index contributed by atoms with van der Waals surface area (Å²) >= 11 is 0. The third-order valence-corrected chi connectivity index (χ3v) is 3.81. The average Bonchev–Trinajstić information content (AvgIpc) is 2.47. The van der Waals surface area contributed by atoms with Crippen molar-refractivity contribution in [2.24, 2.45) is 5.73 Å². The zero-order valence-electron chi connectivity index (χ0n) is 10.9. The molecule has 19 heavy (non-hydrogen) atoms. The number of nitrogens with zero attached hydrogens (tertiary/aromatic N) is 1. The van der Waals surface area contributed by atoms with Crippen molar-refractivity contribution in [1.82, 2.24) is 4.57 Å². The molecule has 0 radical (unpaired) electrons. The molecule has 2 aromatic rings. The molecule has 0 spiro atoms. The van der Waals surface area contributed by atoms with Gasteiger partial charge in [-0.05, 0) is 49.4 Å². The molecule has 1 aromatic carbocycles. The molecule has 98 valence electrons. The summed E-state index contributed by atoms with van der Waals surface area (Å²) in [5.74, 6) is 0. The van der Waals surface area contributed by atoms with Gasteiger partial charge in [0.2, 0.25) is 0 Å². The van der Waals surface area contributed by atoms with Gasteiger partial charge in [-0.15, -0.1) is 0 Å². The predicted molar refractivity (Wildman–Crippen MR) is 76.6 cm³/mol. The van der Waals surface area contributed by atoms with Crippen LogP contribution in [-0.4, -0.2) is 4.57 Å². The van der Waals surface area contributed by atoms with E-state index in [1.165, 1.54) is 17.7 Å². The highest BCUT2D eigenvalue weighted by Crippen LogP contribution is 2.23. The lowest BCUT2D eigenvalue weighted by Gasteiger charge is -2.22. The maximum absolute atomic E-state index is 12.6. The first kappa shape index (κ1) is 12.2. The van der Waals surface area contributed by atoms with Crippen molar-refractivity contribution in [2.45, 2.75) is 32.2 Å². The number of nitrogens with two attached hydrogens (primary N) is 1.